The van der Waals surface area contributed by atoms with E-state index in [0.29, 0.717) is 22.1 Å². The van der Waals surface area contributed by atoms with Gasteiger partial charge in [-0.05, 0) is 44.2 Å². The van der Waals surface area contributed by atoms with Crippen molar-refractivity contribution in [2.24, 2.45) is 0 Å². The Morgan fingerprint density at radius 2 is 1.88 bits per heavy atom. The maximum atomic E-state index is 12.3. The Morgan fingerprint density at radius 3 is 2.54 bits per heavy atom. The van der Waals surface area contributed by atoms with Crippen LogP contribution in [0.4, 0.5) is 5.69 Å². The summed E-state index contributed by atoms with van der Waals surface area (Å²) in [6, 6.07) is 9.45. The highest BCUT2D eigenvalue weighted by molar-refractivity contribution is 7.21. The zero-order valence-electron chi connectivity index (χ0n) is 15.1. The molecule has 0 atom stereocenters. The van der Waals surface area contributed by atoms with Gasteiger partial charge in [0.15, 0.2) is 11.5 Å². The Hall–Kier alpha value is -2.80. The van der Waals surface area contributed by atoms with E-state index in [1.54, 1.807) is 14.2 Å². The van der Waals surface area contributed by atoms with Gasteiger partial charge in [0.05, 0.1) is 25.6 Å². The van der Waals surface area contributed by atoms with Gasteiger partial charge in [-0.3, -0.25) is 4.79 Å². The number of nitrogens with one attached hydrogen (secondary N) is 1. The molecule has 0 fully saturated rings. The van der Waals surface area contributed by atoms with E-state index in [1.165, 1.54) is 11.3 Å². The van der Waals surface area contributed by atoms with E-state index in [-0.39, 0.29) is 11.9 Å². The van der Waals surface area contributed by atoms with Gasteiger partial charge in [-0.25, -0.2) is 4.98 Å². The smallest absolute Gasteiger partial charge is 0.263 e. The van der Waals surface area contributed by atoms with E-state index in [2.05, 4.69) is 10.3 Å². The molecule has 0 saturated carbocycles. The normalized spacial score (nSPS) is 11.0. The topological polar surface area (TPSA) is 86.5 Å². The summed E-state index contributed by atoms with van der Waals surface area (Å²) in [5.41, 5.74) is 8.29. The van der Waals surface area contributed by atoms with Crippen LogP contribution in [0.1, 0.15) is 23.5 Å². The van der Waals surface area contributed by atoms with Gasteiger partial charge in [0.2, 0.25) is 0 Å². The number of amides is 1. The molecule has 0 spiro atoms. The standard InChI is InChI=1S/C19H21N3O3S/c1-10(2)21-18(23)17-16(20)12-6-7-13(22-19(12)26-17)11-5-8-14(24-3)15(9-11)25-4/h5-10H,20H2,1-4H3,(H,21,23). The summed E-state index contributed by atoms with van der Waals surface area (Å²) in [5.74, 6) is 1.12. The van der Waals surface area contributed by atoms with Gasteiger partial charge in [-0.1, -0.05) is 0 Å². The molecule has 2 aromatic heterocycles. The first kappa shape index (κ1) is 18.0. The van der Waals surface area contributed by atoms with Crippen molar-refractivity contribution in [1.29, 1.82) is 0 Å². The van der Waals surface area contributed by atoms with Gasteiger partial charge >= 0.3 is 0 Å². The molecule has 0 saturated heterocycles. The Balaban J connectivity index is 2.03. The van der Waals surface area contributed by atoms with Gasteiger partial charge in [-0.2, -0.15) is 0 Å². The quantitative estimate of drug-likeness (QED) is 0.714. The number of rotatable bonds is 5. The maximum absolute atomic E-state index is 12.3. The van der Waals surface area contributed by atoms with Gasteiger partial charge < -0.3 is 20.5 Å². The predicted molar refractivity (Wildman–Crippen MR) is 105 cm³/mol. The summed E-state index contributed by atoms with van der Waals surface area (Å²) in [7, 11) is 3.19. The lowest BCUT2D eigenvalue weighted by Crippen LogP contribution is -2.29. The van der Waals surface area contributed by atoms with E-state index in [1.807, 2.05) is 44.2 Å². The SMILES string of the molecule is COc1ccc(-c2ccc3c(N)c(C(=O)NC(C)C)sc3n2)cc1OC. The van der Waals surface area contributed by atoms with Gasteiger partial charge in [-0.15, -0.1) is 11.3 Å². The first-order chi connectivity index (χ1) is 12.4. The number of nitrogens with zero attached hydrogens (tertiary/aromatic N) is 1. The van der Waals surface area contributed by atoms with Gasteiger partial charge in [0, 0.05) is 17.0 Å². The van der Waals surface area contributed by atoms with E-state index < -0.39 is 0 Å². The Labute approximate surface area is 155 Å². The summed E-state index contributed by atoms with van der Waals surface area (Å²) in [4.78, 5) is 18.2. The van der Waals surface area contributed by atoms with Crippen molar-refractivity contribution < 1.29 is 14.3 Å². The second kappa shape index (κ2) is 7.21. The molecule has 3 rings (SSSR count). The van der Waals surface area contributed by atoms with Crippen molar-refractivity contribution >= 4 is 33.1 Å². The van der Waals surface area contributed by atoms with Crippen LogP contribution in [-0.2, 0) is 0 Å². The average molecular weight is 371 g/mol. The number of anilines is 1. The van der Waals surface area contributed by atoms with Crippen LogP contribution in [0.2, 0.25) is 0 Å². The third-order valence-corrected chi connectivity index (χ3v) is 5.01. The number of ether oxygens (including phenoxy) is 2. The number of nitrogen functional groups attached to an aromatic ring is 1. The highest BCUT2D eigenvalue weighted by Crippen LogP contribution is 2.36. The molecule has 7 heteroatoms. The van der Waals surface area contributed by atoms with E-state index >= 15 is 0 Å². The first-order valence-corrected chi connectivity index (χ1v) is 8.98. The van der Waals surface area contributed by atoms with Crippen LogP contribution < -0.4 is 20.5 Å². The van der Waals surface area contributed by atoms with Crippen LogP contribution in [0.25, 0.3) is 21.5 Å². The molecular formula is C19H21N3O3S. The minimum absolute atomic E-state index is 0.0439. The zero-order valence-corrected chi connectivity index (χ0v) is 15.9. The fourth-order valence-electron chi connectivity index (χ4n) is 2.65. The van der Waals surface area contributed by atoms with E-state index in [0.717, 1.165) is 21.5 Å². The third kappa shape index (κ3) is 3.30. The van der Waals surface area contributed by atoms with Crippen molar-refractivity contribution in [2.75, 3.05) is 20.0 Å². The fourth-order valence-corrected chi connectivity index (χ4v) is 3.65. The molecule has 0 unspecified atom stereocenters. The molecule has 1 aromatic carbocycles. The van der Waals surface area contributed by atoms with E-state index in [4.69, 9.17) is 15.2 Å². The second-order valence-corrected chi connectivity index (χ2v) is 7.09. The average Bonchev–Trinajstić information content (AvgIpc) is 2.96. The second-order valence-electron chi connectivity index (χ2n) is 6.09. The van der Waals surface area contributed by atoms with Gasteiger partial charge in [0.25, 0.3) is 5.91 Å². The number of aromatic nitrogens is 1. The number of fused-ring (bicyclic) bond motifs is 1. The molecule has 26 heavy (non-hydrogen) atoms. The number of thiophene rings is 1. The number of carbonyl (C=O) groups is 1. The van der Waals surface area contributed by atoms with Crippen LogP contribution in [0.3, 0.4) is 0 Å². The lowest BCUT2D eigenvalue weighted by molar-refractivity contribution is 0.0948. The minimum atomic E-state index is -0.173. The largest absolute Gasteiger partial charge is 0.493 e. The molecule has 3 aromatic rings. The maximum Gasteiger partial charge on any atom is 0.263 e. The predicted octanol–water partition coefficient (Wildman–Crippen LogP) is 3.70. The van der Waals surface area contributed by atoms with Crippen molar-refractivity contribution in [3.8, 4) is 22.8 Å². The summed E-state index contributed by atoms with van der Waals surface area (Å²) in [6.45, 7) is 3.82. The zero-order chi connectivity index (χ0) is 18.8. The van der Waals surface area contributed by atoms with Crippen LogP contribution in [-0.4, -0.2) is 31.2 Å². The van der Waals surface area contributed by atoms with Crippen LogP contribution >= 0.6 is 11.3 Å². The molecule has 0 radical (unpaired) electrons. The van der Waals surface area contributed by atoms with Crippen LogP contribution in [0, 0.1) is 0 Å². The number of hydrogen-bond donors (Lipinski definition) is 2. The number of methoxy groups -OCH3 is 2. The third-order valence-electron chi connectivity index (χ3n) is 3.90. The van der Waals surface area contributed by atoms with Gasteiger partial charge in [0.1, 0.15) is 9.71 Å². The van der Waals surface area contributed by atoms with Crippen molar-refractivity contribution in [3.63, 3.8) is 0 Å². The molecule has 0 aliphatic rings. The number of benzene rings is 1. The van der Waals surface area contributed by atoms with Crippen molar-refractivity contribution in [1.82, 2.24) is 10.3 Å². The number of carbonyl (C=O) groups excluding carboxylic acids is 1. The molecule has 0 bridgehead atoms. The molecule has 0 aliphatic heterocycles. The molecular weight excluding hydrogens is 350 g/mol. The van der Waals surface area contributed by atoms with E-state index in [9.17, 15) is 4.79 Å². The summed E-state index contributed by atoms with van der Waals surface area (Å²) in [5, 5.41) is 3.65. The monoisotopic (exact) mass is 371 g/mol. The minimum Gasteiger partial charge on any atom is -0.493 e. The number of pyridine rings is 1. The molecule has 3 N–H and O–H groups in total. The molecule has 136 valence electrons. The fraction of sp³-hybridized carbons (Fsp3) is 0.263. The number of nitrogens with two attached hydrogens (primary N) is 1. The number of hydrogen-bond acceptors (Lipinski definition) is 6. The summed E-state index contributed by atoms with van der Waals surface area (Å²) in [6.07, 6.45) is 0. The molecule has 6 nitrogen and oxygen atoms in total. The van der Waals surface area contributed by atoms with Crippen LogP contribution in [0.5, 0.6) is 11.5 Å². The molecule has 0 aliphatic carbocycles. The Bertz CT molecular complexity index is 966. The van der Waals surface area contributed by atoms with Crippen LogP contribution in [0.15, 0.2) is 30.3 Å². The Morgan fingerprint density at radius 1 is 1.15 bits per heavy atom. The van der Waals surface area contributed by atoms with Crippen molar-refractivity contribution in [3.05, 3.63) is 35.2 Å². The summed E-state index contributed by atoms with van der Waals surface area (Å²) >= 11 is 1.30. The molecule has 2 heterocycles. The summed E-state index contributed by atoms with van der Waals surface area (Å²) < 4.78 is 10.6. The lowest BCUT2D eigenvalue weighted by atomic mass is 10.1. The van der Waals surface area contributed by atoms with Crippen molar-refractivity contribution in [2.45, 2.75) is 19.9 Å². The highest BCUT2D eigenvalue weighted by Gasteiger charge is 2.18. The highest BCUT2D eigenvalue weighted by atomic mass is 32.1. The first-order valence-electron chi connectivity index (χ1n) is 8.17. The lowest BCUT2D eigenvalue weighted by Gasteiger charge is -2.09. The molecule has 1 amide bonds. The Kier molecular flexibility index (Phi) is 4.99.